The molecule has 32 heavy (non-hydrogen) atoms. The Morgan fingerprint density at radius 2 is 2.06 bits per heavy atom. The Bertz CT molecular complexity index is 1010. The number of halogens is 1. The molecule has 170 valence electrons. The van der Waals surface area contributed by atoms with Gasteiger partial charge in [-0.3, -0.25) is 4.79 Å². The Morgan fingerprint density at radius 3 is 2.78 bits per heavy atom. The molecule has 0 amide bonds. The van der Waals surface area contributed by atoms with Crippen LogP contribution >= 0.6 is 23.4 Å². The Hall–Kier alpha value is -1.69. The highest BCUT2D eigenvalue weighted by atomic mass is 35.5. The van der Waals surface area contributed by atoms with E-state index in [1.54, 1.807) is 6.92 Å². The van der Waals surface area contributed by atoms with Gasteiger partial charge >= 0.3 is 5.97 Å². The first-order chi connectivity index (χ1) is 15.4. The fourth-order valence-corrected chi connectivity index (χ4v) is 6.46. The van der Waals surface area contributed by atoms with Crippen LogP contribution in [0.2, 0.25) is 5.02 Å². The molecular weight excluding hydrogens is 442 g/mol. The lowest BCUT2D eigenvalue weighted by molar-refractivity contribution is -0.141. The van der Waals surface area contributed by atoms with Crippen LogP contribution in [0, 0.1) is 5.92 Å². The zero-order valence-corrected chi connectivity index (χ0v) is 20.1. The Labute approximate surface area is 199 Å². The number of aliphatic carboxylic acids is 1. The van der Waals surface area contributed by atoms with E-state index in [4.69, 9.17) is 16.3 Å². The van der Waals surface area contributed by atoms with Crippen molar-refractivity contribution in [2.75, 3.05) is 26.2 Å². The minimum absolute atomic E-state index is 0.0728. The summed E-state index contributed by atoms with van der Waals surface area (Å²) in [5, 5.41) is 10.1. The van der Waals surface area contributed by atoms with Gasteiger partial charge in [-0.1, -0.05) is 36.7 Å². The van der Waals surface area contributed by atoms with Gasteiger partial charge in [-0.05, 0) is 74.0 Å². The van der Waals surface area contributed by atoms with Crippen LogP contribution in [-0.2, 0) is 16.0 Å². The van der Waals surface area contributed by atoms with E-state index in [1.165, 1.54) is 34.4 Å². The van der Waals surface area contributed by atoms with E-state index in [0.717, 1.165) is 49.1 Å². The number of thioether (sulfide) groups is 1. The number of hydrogen-bond donors (Lipinski definition) is 1. The second-order valence-corrected chi connectivity index (χ2v) is 11.1. The van der Waals surface area contributed by atoms with E-state index in [-0.39, 0.29) is 11.3 Å². The number of carbonyl (C=O) groups is 1. The smallest absolute Gasteiger partial charge is 0.307 e. The fourth-order valence-electron chi connectivity index (χ4n) is 5.15. The topological polar surface area (TPSA) is 49.8 Å². The number of piperidine rings is 1. The van der Waals surface area contributed by atoms with Gasteiger partial charge in [-0.2, -0.15) is 0 Å². The lowest BCUT2D eigenvalue weighted by atomic mass is 9.74. The number of likely N-dealkylation sites (tertiary alicyclic amines) is 1. The summed E-state index contributed by atoms with van der Waals surface area (Å²) in [5.41, 5.74) is 4.10. The van der Waals surface area contributed by atoms with E-state index >= 15 is 0 Å². The second kappa shape index (κ2) is 8.92. The molecule has 0 aromatic heterocycles. The lowest BCUT2D eigenvalue weighted by Crippen LogP contribution is -2.45. The molecule has 2 aromatic carbocycles. The number of fused-ring (bicyclic) bond motifs is 2. The standard InChI is InChI=1S/C26H30ClNO3S/c1-17(25(29)30)14-28-11-9-26(10-12-28)16-31-24-13-19(7-8-22(24)26)32-15-21-20(18-5-6-18)3-2-4-23(21)27/h2-4,7-8,13,17-18H,5-6,9-12,14-16H2,1H3,(H,29,30). The van der Waals surface area contributed by atoms with Crippen molar-refractivity contribution in [2.24, 2.45) is 5.92 Å². The highest BCUT2D eigenvalue weighted by Gasteiger charge is 2.43. The van der Waals surface area contributed by atoms with Gasteiger partial charge in [0.05, 0.1) is 12.5 Å². The number of rotatable bonds is 7. The molecule has 5 rings (SSSR count). The minimum Gasteiger partial charge on any atom is -0.492 e. The first-order valence-electron chi connectivity index (χ1n) is 11.6. The largest absolute Gasteiger partial charge is 0.492 e. The van der Waals surface area contributed by atoms with Gasteiger partial charge in [0, 0.05) is 33.2 Å². The normalized spacial score (nSPS) is 20.7. The highest BCUT2D eigenvalue weighted by molar-refractivity contribution is 7.98. The number of benzene rings is 2. The molecule has 1 spiro atoms. The van der Waals surface area contributed by atoms with E-state index in [0.29, 0.717) is 12.5 Å². The molecule has 2 heterocycles. The zero-order valence-electron chi connectivity index (χ0n) is 18.5. The summed E-state index contributed by atoms with van der Waals surface area (Å²) in [7, 11) is 0. The van der Waals surface area contributed by atoms with Gasteiger partial charge in [-0.25, -0.2) is 0 Å². The SMILES string of the molecule is CC(CN1CCC2(CC1)COc1cc(SCc3c(Cl)cccc3C3CC3)ccc12)C(=O)O. The molecule has 1 saturated heterocycles. The Balaban J connectivity index is 1.25. The molecule has 1 saturated carbocycles. The van der Waals surface area contributed by atoms with Crippen molar-refractivity contribution in [3.8, 4) is 5.75 Å². The molecule has 3 aliphatic rings. The van der Waals surface area contributed by atoms with Crippen LogP contribution in [0.3, 0.4) is 0 Å². The number of ether oxygens (including phenoxy) is 1. The lowest BCUT2D eigenvalue weighted by Gasteiger charge is -2.39. The van der Waals surface area contributed by atoms with Gasteiger partial charge in [0.25, 0.3) is 0 Å². The summed E-state index contributed by atoms with van der Waals surface area (Å²) in [6.07, 6.45) is 4.59. The number of carboxylic acids is 1. The molecule has 1 aliphatic carbocycles. The van der Waals surface area contributed by atoms with Crippen molar-refractivity contribution >= 4 is 29.3 Å². The maximum atomic E-state index is 11.2. The molecule has 2 aromatic rings. The molecule has 0 radical (unpaired) electrons. The molecule has 6 heteroatoms. The van der Waals surface area contributed by atoms with Gasteiger partial charge in [0.2, 0.25) is 0 Å². The van der Waals surface area contributed by atoms with Crippen LogP contribution < -0.4 is 4.74 Å². The maximum Gasteiger partial charge on any atom is 0.307 e. The third kappa shape index (κ3) is 4.40. The van der Waals surface area contributed by atoms with Crippen molar-refractivity contribution in [1.82, 2.24) is 4.90 Å². The average Bonchev–Trinajstić information content (AvgIpc) is 3.58. The quantitative estimate of drug-likeness (QED) is 0.505. The summed E-state index contributed by atoms with van der Waals surface area (Å²) in [5.74, 6) is 1.55. The summed E-state index contributed by atoms with van der Waals surface area (Å²) < 4.78 is 6.18. The van der Waals surface area contributed by atoms with Crippen molar-refractivity contribution in [3.05, 3.63) is 58.1 Å². The van der Waals surface area contributed by atoms with Gasteiger partial charge in [0.1, 0.15) is 5.75 Å². The van der Waals surface area contributed by atoms with E-state index < -0.39 is 5.97 Å². The number of hydrogen-bond acceptors (Lipinski definition) is 4. The van der Waals surface area contributed by atoms with Crippen LogP contribution in [0.4, 0.5) is 0 Å². The third-order valence-electron chi connectivity index (χ3n) is 7.35. The molecule has 1 unspecified atom stereocenters. The Kier molecular flexibility index (Phi) is 6.17. The maximum absolute atomic E-state index is 11.2. The predicted molar refractivity (Wildman–Crippen MR) is 129 cm³/mol. The summed E-state index contributed by atoms with van der Waals surface area (Å²) in [6.45, 7) is 4.99. The van der Waals surface area contributed by atoms with Gasteiger partial charge < -0.3 is 14.7 Å². The molecule has 2 fully saturated rings. The predicted octanol–water partition coefficient (Wildman–Crippen LogP) is 5.96. The third-order valence-corrected chi connectivity index (χ3v) is 8.73. The minimum atomic E-state index is -0.717. The molecule has 2 aliphatic heterocycles. The van der Waals surface area contributed by atoms with E-state index in [2.05, 4.69) is 35.2 Å². The van der Waals surface area contributed by atoms with Crippen molar-refractivity contribution in [2.45, 2.75) is 54.6 Å². The highest BCUT2D eigenvalue weighted by Crippen LogP contribution is 2.48. The molecule has 4 nitrogen and oxygen atoms in total. The van der Waals surface area contributed by atoms with Crippen LogP contribution in [-0.4, -0.2) is 42.2 Å². The zero-order chi connectivity index (χ0) is 22.3. The molecule has 1 N–H and O–H groups in total. The first kappa shape index (κ1) is 22.1. The van der Waals surface area contributed by atoms with Gasteiger partial charge in [0.15, 0.2) is 0 Å². The first-order valence-corrected chi connectivity index (χ1v) is 12.9. The molecular formula is C26H30ClNO3S. The van der Waals surface area contributed by atoms with Crippen LogP contribution in [0.5, 0.6) is 5.75 Å². The number of carboxylic acid groups (broad SMARTS) is 1. The average molecular weight is 472 g/mol. The van der Waals surface area contributed by atoms with Gasteiger partial charge in [-0.15, -0.1) is 11.8 Å². The van der Waals surface area contributed by atoms with Crippen molar-refractivity contribution in [1.29, 1.82) is 0 Å². The Morgan fingerprint density at radius 1 is 1.28 bits per heavy atom. The van der Waals surface area contributed by atoms with E-state index in [9.17, 15) is 9.90 Å². The monoisotopic (exact) mass is 471 g/mol. The van der Waals surface area contributed by atoms with E-state index in [1.807, 2.05) is 17.8 Å². The molecule has 0 bridgehead atoms. The number of nitrogens with zero attached hydrogens (tertiary/aromatic N) is 1. The van der Waals surface area contributed by atoms with Crippen LogP contribution in [0.15, 0.2) is 41.3 Å². The van der Waals surface area contributed by atoms with Crippen LogP contribution in [0.25, 0.3) is 0 Å². The summed E-state index contributed by atoms with van der Waals surface area (Å²) in [6, 6.07) is 13.0. The van der Waals surface area contributed by atoms with Crippen LogP contribution in [0.1, 0.15) is 55.2 Å². The van der Waals surface area contributed by atoms with Crippen molar-refractivity contribution in [3.63, 3.8) is 0 Å². The fraction of sp³-hybridized carbons (Fsp3) is 0.500. The second-order valence-electron chi connectivity index (χ2n) is 9.64. The molecule has 1 atom stereocenters. The van der Waals surface area contributed by atoms with Crippen molar-refractivity contribution < 1.29 is 14.6 Å². The summed E-state index contributed by atoms with van der Waals surface area (Å²) >= 11 is 8.37. The summed E-state index contributed by atoms with van der Waals surface area (Å²) in [4.78, 5) is 14.7.